The van der Waals surface area contributed by atoms with Crippen LogP contribution in [0.4, 0.5) is 5.69 Å². The van der Waals surface area contributed by atoms with Crippen molar-refractivity contribution in [3.63, 3.8) is 0 Å². The first-order valence-corrected chi connectivity index (χ1v) is 8.78. The highest BCUT2D eigenvalue weighted by atomic mass is 16.5. The van der Waals surface area contributed by atoms with Crippen LogP contribution in [0, 0.1) is 16.7 Å². The third kappa shape index (κ3) is 3.76. The number of nitrogens with zero attached hydrogens (tertiary/aromatic N) is 3. The third-order valence-electron chi connectivity index (χ3n) is 4.48. The van der Waals surface area contributed by atoms with Crippen molar-refractivity contribution >= 4 is 11.5 Å². The van der Waals surface area contributed by atoms with E-state index in [4.69, 9.17) is 4.74 Å². The highest BCUT2D eigenvalue weighted by Gasteiger charge is 2.24. The summed E-state index contributed by atoms with van der Waals surface area (Å²) < 4.78 is 5.40. The molecule has 5 nitrogen and oxygen atoms in total. The van der Waals surface area contributed by atoms with Gasteiger partial charge in [0.2, 0.25) is 0 Å². The molecule has 0 unspecified atom stereocenters. The molecule has 5 heteroatoms. The normalized spacial score (nSPS) is 14.8. The lowest BCUT2D eigenvalue weighted by Crippen LogP contribution is -2.36. The minimum Gasteiger partial charge on any atom is -0.378 e. The molecule has 1 aromatic carbocycles. The summed E-state index contributed by atoms with van der Waals surface area (Å²) in [6, 6.07) is 11.5. The van der Waals surface area contributed by atoms with Crippen molar-refractivity contribution in [2.45, 2.75) is 20.8 Å². The van der Waals surface area contributed by atoms with Crippen LogP contribution in [0.15, 0.2) is 36.5 Å². The fraction of sp³-hybridized carbons (Fsp3) is 0.381. The van der Waals surface area contributed by atoms with Gasteiger partial charge in [0.25, 0.3) is 0 Å². The maximum absolute atomic E-state index is 12.5. The van der Waals surface area contributed by atoms with Gasteiger partial charge >= 0.3 is 0 Å². The number of hydrogen-bond donors (Lipinski definition) is 0. The molecule has 1 aliphatic rings. The number of rotatable bonds is 3. The lowest BCUT2D eigenvalue weighted by molar-refractivity contribution is 0.0858. The maximum Gasteiger partial charge on any atom is 0.168 e. The average Bonchev–Trinajstić information content (AvgIpc) is 2.67. The van der Waals surface area contributed by atoms with Gasteiger partial charge in [0.1, 0.15) is 0 Å². The quantitative estimate of drug-likeness (QED) is 0.791. The number of carbonyl (C=O) groups excluding carboxylic acids is 1. The van der Waals surface area contributed by atoms with E-state index in [9.17, 15) is 10.1 Å². The number of benzene rings is 1. The van der Waals surface area contributed by atoms with Crippen molar-refractivity contribution in [1.29, 1.82) is 5.26 Å². The van der Waals surface area contributed by atoms with Crippen LogP contribution in [0.25, 0.3) is 11.3 Å². The van der Waals surface area contributed by atoms with E-state index in [1.807, 2.05) is 39.0 Å². The lowest BCUT2D eigenvalue weighted by atomic mass is 9.85. The smallest absolute Gasteiger partial charge is 0.168 e. The van der Waals surface area contributed by atoms with Gasteiger partial charge in [-0.25, -0.2) is 0 Å². The largest absolute Gasteiger partial charge is 0.378 e. The Hall–Kier alpha value is -2.71. The Balaban J connectivity index is 1.97. The van der Waals surface area contributed by atoms with Gasteiger partial charge in [-0.15, -0.1) is 0 Å². The summed E-state index contributed by atoms with van der Waals surface area (Å²) in [6.07, 6.45) is 1.76. The van der Waals surface area contributed by atoms with Crippen molar-refractivity contribution in [2.75, 3.05) is 31.2 Å². The summed E-state index contributed by atoms with van der Waals surface area (Å²) >= 11 is 0. The molecule has 1 saturated heterocycles. The fourth-order valence-corrected chi connectivity index (χ4v) is 3.02. The van der Waals surface area contributed by atoms with Gasteiger partial charge in [-0.3, -0.25) is 9.78 Å². The van der Waals surface area contributed by atoms with Crippen LogP contribution in [0.3, 0.4) is 0 Å². The fourth-order valence-electron chi connectivity index (χ4n) is 3.02. The molecular weight excluding hydrogens is 326 g/mol. The Bertz CT molecular complexity index is 856. The summed E-state index contributed by atoms with van der Waals surface area (Å²) in [5, 5.41) is 9.59. The molecule has 0 atom stereocenters. The van der Waals surface area contributed by atoms with Gasteiger partial charge in [-0.05, 0) is 18.2 Å². The van der Waals surface area contributed by atoms with Gasteiger partial charge in [0.15, 0.2) is 5.78 Å². The lowest BCUT2D eigenvalue weighted by Gasteiger charge is -2.29. The van der Waals surface area contributed by atoms with E-state index in [-0.39, 0.29) is 5.78 Å². The second-order valence-electron chi connectivity index (χ2n) is 7.45. The molecule has 2 heterocycles. The van der Waals surface area contributed by atoms with Crippen LogP contribution in [-0.4, -0.2) is 37.1 Å². The summed E-state index contributed by atoms with van der Waals surface area (Å²) in [7, 11) is 0. The molecule has 134 valence electrons. The summed E-state index contributed by atoms with van der Waals surface area (Å²) in [5.41, 5.74) is 3.09. The number of ether oxygens (including phenoxy) is 1. The highest BCUT2D eigenvalue weighted by Crippen LogP contribution is 2.28. The predicted molar refractivity (Wildman–Crippen MR) is 101 cm³/mol. The monoisotopic (exact) mass is 349 g/mol. The van der Waals surface area contributed by atoms with Gasteiger partial charge < -0.3 is 9.64 Å². The van der Waals surface area contributed by atoms with Gasteiger partial charge in [-0.2, -0.15) is 5.26 Å². The molecule has 1 aliphatic heterocycles. The van der Waals surface area contributed by atoms with Crippen LogP contribution in [0.2, 0.25) is 0 Å². The molecule has 2 aromatic rings. The van der Waals surface area contributed by atoms with Crippen LogP contribution in [0.1, 0.15) is 36.7 Å². The van der Waals surface area contributed by atoms with E-state index in [1.54, 1.807) is 18.3 Å². The highest BCUT2D eigenvalue weighted by molar-refractivity contribution is 6.00. The number of pyridine rings is 1. The number of Topliss-reactive ketones (excluding diaryl/α,β-unsaturated/α-hetero) is 1. The molecule has 3 rings (SSSR count). The van der Waals surface area contributed by atoms with Crippen molar-refractivity contribution < 1.29 is 9.53 Å². The molecule has 0 aliphatic carbocycles. The second-order valence-corrected chi connectivity index (χ2v) is 7.45. The number of anilines is 1. The van der Waals surface area contributed by atoms with E-state index in [2.05, 4.69) is 16.0 Å². The van der Waals surface area contributed by atoms with Crippen molar-refractivity contribution in [2.24, 2.45) is 5.41 Å². The Morgan fingerprint density at radius 1 is 1.19 bits per heavy atom. The van der Waals surface area contributed by atoms with Crippen molar-refractivity contribution in [3.8, 4) is 17.3 Å². The zero-order valence-electron chi connectivity index (χ0n) is 15.5. The molecule has 0 amide bonds. The van der Waals surface area contributed by atoms with Gasteiger partial charge in [0.05, 0.1) is 30.5 Å². The van der Waals surface area contributed by atoms with Crippen LogP contribution in [0.5, 0.6) is 0 Å². The molecule has 0 radical (unpaired) electrons. The van der Waals surface area contributed by atoms with Crippen molar-refractivity contribution in [3.05, 3.63) is 47.7 Å². The Kier molecular flexibility index (Phi) is 5.06. The van der Waals surface area contributed by atoms with Gasteiger partial charge in [0, 0.05) is 41.5 Å². The zero-order valence-corrected chi connectivity index (χ0v) is 15.5. The van der Waals surface area contributed by atoms with E-state index in [0.717, 1.165) is 30.0 Å². The summed E-state index contributed by atoms with van der Waals surface area (Å²) in [6.45, 7) is 8.74. The number of morpholine rings is 1. The van der Waals surface area contributed by atoms with E-state index in [0.29, 0.717) is 24.3 Å². The number of hydrogen-bond acceptors (Lipinski definition) is 5. The standard InChI is InChI=1S/C21H23N3O2/c1-21(2,3)20(25)15-4-5-18(16(12-15)14-22)19-13-17(6-7-23-19)24-8-10-26-11-9-24/h4-7,12-13H,8-11H2,1-3H3. The zero-order chi connectivity index (χ0) is 18.7. The number of aromatic nitrogens is 1. The molecule has 0 spiro atoms. The third-order valence-corrected chi connectivity index (χ3v) is 4.48. The maximum atomic E-state index is 12.5. The number of nitriles is 1. The molecule has 1 fully saturated rings. The first-order chi connectivity index (χ1) is 12.4. The summed E-state index contributed by atoms with van der Waals surface area (Å²) in [5.74, 6) is 0.0237. The minimum atomic E-state index is -0.483. The Morgan fingerprint density at radius 2 is 1.92 bits per heavy atom. The molecule has 0 N–H and O–H groups in total. The van der Waals surface area contributed by atoms with E-state index >= 15 is 0 Å². The molecule has 26 heavy (non-hydrogen) atoms. The Labute approximate surface area is 154 Å². The van der Waals surface area contributed by atoms with Crippen molar-refractivity contribution in [1.82, 2.24) is 4.98 Å². The molecular formula is C21H23N3O2. The average molecular weight is 349 g/mol. The first kappa shape index (κ1) is 18.1. The Morgan fingerprint density at radius 3 is 2.58 bits per heavy atom. The minimum absolute atomic E-state index is 0.0237. The molecule has 0 bridgehead atoms. The van der Waals surface area contributed by atoms with E-state index in [1.165, 1.54) is 0 Å². The SMILES string of the molecule is CC(C)(C)C(=O)c1ccc(-c2cc(N3CCOCC3)ccn2)c(C#N)c1. The molecule has 0 saturated carbocycles. The second kappa shape index (κ2) is 7.27. The van der Waals surface area contributed by atoms with Crippen LogP contribution < -0.4 is 4.90 Å². The van der Waals surface area contributed by atoms with Gasteiger partial charge in [-0.1, -0.05) is 32.9 Å². The summed E-state index contributed by atoms with van der Waals surface area (Å²) in [4.78, 5) is 19.2. The van der Waals surface area contributed by atoms with Crippen LogP contribution in [-0.2, 0) is 4.74 Å². The number of carbonyl (C=O) groups is 1. The topological polar surface area (TPSA) is 66.2 Å². The van der Waals surface area contributed by atoms with Crippen LogP contribution >= 0.6 is 0 Å². The molecule has 1 aromatic heterocycles. The number of ketones is 1. The predicted octanol–water partition coefficient (Wildman–Crippen LogP) is 3.69. The first-order valence-electron chi connectivity index (χ1n) is 8.78. The van der Waals surface area contributed by atoms with E-state index < -0.39 is 5.41 Å².